The molecule has 0 unspecified atom stereocenters. The monoisotopic (exact) mass is 250 g/mol. The lowest BCUT2D eigenvalue weighted by molar-refractivity contribution is -0.113. The van der Waals surface area contributed by atoms with Crippen LogP contribution in [0.25, 0.3) is 0 Å². The Bertz CT molecular complexity index is 523. The van der Waals surface area contributed by atoms with E-state index < -0.39 is 5.91 Å². The molecule has 5 N–H and O–H groups in total. The maximum Gasteiger partial charge on any atom is 0.280 e. The van der Waals surface area contributed by atoms with E-state index in [4.69, 9.17) is 11.5 Å². The zero-order valence-electron chi connectivity index (χ0n) is 8.77. The lowest BCUT2D eigenvalue weighted by Crippen LogP contribution is -2.24. The number of rotatable bonds is 1. The van der Waals surface area contributed by atoms with Crippen molar-refractivity contribution < 1.29 is 9.59 Å². The average Bonchev–Trinajstić information content (AvgIpc) is 2.27. The number of benzene rings is 1. The van der Waals surface area contributed by atoms with Gasteiger partial charge in [-0.25, -0.2) is 0 Å². The second-order valence-corrected chi connectivity index (χ2v) is 4.41. The number of thioether (sulfide) groups is 1. The molecule has 1 aromatic rings. The number of anilines is 1. The van der Waals surface area contributed by atoms with Gasteiger partial charge in [0.1, 0.15) is 0 Å². The molecule has 0 spiro atoms. The first-order valence-corrected chi connectivity index (χ1v) is 5.75. The SMILES string of the molecule is NC(N)=NC(=O)c1ccc2c(c1)NC(=O)CS2. The molecular formula is C10H10N4O2S. The number of carbonyl (C=O) groups is 2. The van der Waals surface area contributed by atoms with Gasteiger partial charge in [0.15, 0.2) is 5.96 Å². The second kappa shape index (κ2) is 4.46. The zero-order chi connectivity index (χ0) is 12.4. The van der Waals surface area contributed by atoms with Gasteiger partial charge in [0, 0.05) is 10.5 Å². The van der Waals surface area contributed by atoms with Gasteiger partial charge in [-0.3, -0.25) is 9.59 Å². The third kappa shape index (κ3) is 2.56. The van der Waals surface area contributed by atoms with Gasteiger partial charge < -0.3 is 16.8 Å². The van der Waals surface area contributed by atoms with Crippen LogP contribution in [-0.2, 0) is 4.79 Å². The van der Waals surface area contributed by atoms with Gasteiger partial charge in [-0.1, -0.05) is 0 Å². The topological polar surface area (TPSA) is 111 Å². The number of guanidine groups is 1. The van der Waals surface area contributed by atoms with E-state index in [1.807, 2.05) is 0 Å². The highest BCUT2D eigenvalue weighted by molar-refractivity contribution is 8.00. The number of hydrogen-bond donors (Lipinski definition) is 3. The van der Waals surface area contributed by atoms with Crippen molar-refractivity contribution in [2.24, 2.45) is 16.5 Å². The maximum absolute atomic E-state index is 11.6. The molecule has 1 aromatic carbocycles. The van der Waals surface area contributed by atoms with E-state index in [0.29, 0.717) is 17.0 Å². The van der Waals surface area contributed by atoms with Crippen molar-refractivity contribution >= 4 is 35.2 Å². The number of carbonyl (C=O) groups excluding carboxylic acids is 2. The minimum absolute atomic E-state index is 0.0889. The van der Waals surface area contributed by atoms with Crippen LogP contribution in [-0.4, -0.2) is 23.5 Å². The van der Waals surface area contributed by atoms with Crippen LogP contribution in [0, 0.1) is 0 Å². The molecule has 17 heavy (non-hydrogen) atoms. The van der Waals surface area contributed by atoms with Gasteiger partial charge >= 0.3 is 0 Å². The van der Waals surface area contributed by atoms with Crippen molar-refractivity contribution in [3.63, 3.8) is 0 Å². The molecule has 0 saturated heterocycles. The van der Waals surface area contributed by atoms with Gasteiger partial charge in [0.05, 0.1) is 11.4 Å². The standard InChI is InChI=1S/C10H10N4O2S/c11-10(12)14-9(16)5-1-2-7-6(3-5)13-8(15)4-17-7/h1-3H,4H2,(H,13,15)(H4,11,12,14,16). The van der Waals surface area contributed by atoms with Crippen LogP contribution >= 0.6 is 11.8 Å². The van der Waals surface area contributed by atoms with Gasteiger partial charge in [-0.15, -0.1) is 11.8 Å². The minimum atomic E-state index is -0.530. The summed E-state index contributed by atoms with van der Waals surface area (Å²) in [6.07, 6.45) is 0. The van der Waals surface area contributed by atoms with Crippen molar-refractivity contribution in [2.75, 3.05) is 11.1 Å². The van der Waals surface area contributed by atoms with Crippen LogP contribution in [0.1, 0.15) is 10.4 Å². The molecule has 0 fully saturated rings. The van der Waals surface area contributed by atoms with Crippen molar-refractivity contribution in [2.45, 2.75) is 4.90 Å². The third-order valence-electron chi connectivity index (χ3n) is 2.09. The molecule has 88 valence electrons. The van der Waals surface area contributed by atoms with E-state index in [1.165, 1.54) is 11.8 Å². The quantitative estimate of drug-likeness (QED) is 0.485. The Morgan fingerprint density at radius 2 is 2.18 bits per heavy atom. The van der Waals surface area contributed by atoms with E-state index >= 15 is 0 Å². The Labute approximate surface area is 101 Å². The molecule has 2 rings (SSSR count). The summed E-state index contributed by atoms with van der Waals surface area (Å²) in [6.45, 7) is 0. The van der Waals surface area contributed by atoms with Crippen molar-refractivity contribution in [1.82, 2.24) is 0 Å². The summed E-state index contributed by atoms with van der Waals surface area (Å²) < 4.78 is 0. The number of nitrogens with one attached hydrogen (secondary N) is 1. The minimum Gasteiger partial charge on any atom is -0.370 e. The number of fused-ring (bicyclic) bond motifs is 1. The maximum atomic E-state index is 11.6. The van der Waals surface area contributed by atoms with Crippen molar-refractivity contribution in [1.29, 1.82) is 0 Å². The molecule has 0 aliphatic carbocycles. The van der Waals surface area contributed by atoms with Gasteiger partial charge in [0.25, 0.3) is 5.91 Å². The number of amides is 2. The first-order chi connectivity index (χ1) is 8.06. The molecule has 0 atom stereocenters. The normalized spacial score (nSPS) is 13.5. The largest absolute Gasteiger partial charge is 0.370 e. The highest BCUT2D eigenvalue weighted by Crippen LogP contribution is 2.32. The Morgan fingerprint density at radius 3 is 2.88 bits per heavy atom. The fourth-order valence-corrected chi connectivity index (χ4v) is 2.19. The van der Waals surface area contributed by atoms with Crippen molar-refractivity contribution in [3.8, 4) is 0 Å². The lowest BCUT2D eigenvalue weighted by Gasteiger charge is -2.16. The van der Waals surface area contributed by atoms with Gasteiger partial charge in [0.2, 0.25) is 5.91 Å². The fourth-order valence-electron chi connectivity index (χ4n) is 1.40. The Kier molecular flexibility index (Phi) is 3.01. The molecular weight excluding hydrogens is 240 g/mol. The Morgan fingerprint density at radius 1 is 1.41 bits per heavy atom. The van der Waals surface area contributed by atoms with E-state index in [1.54, 1.807) is 18.2 Å². The van der Waals surface area contributed by atoms with Crippen LogP contribution in [0.3, 0.4) is 0 Å². The number of aliphatic imine (C=N–C) groups is 1. The van der Waals surface area contributed by atoms with Crippen molar-refractivity contribution in [3.05, 3.63) is 23.8 Å². The molecule has 2 amide bonds. The predicted octanol–water partition coefficient (Wildman–Crippen LogP) is 0.144. The fraction of sp³-hybridized carbons (Fsp3) is 0.100. The summed E-state index contributed by atoms with van der Waals surface area (Å²) in [4.78, 5) is 27.1. The smallest absolute Gasteiger partial charge is 0.280 e. The highest BCUT2D eigenvalue weighted by Gasteiger charge is 2.17. The molecule has 1 heterocycles. The number of hydrogen-bond acceptors (Lipinski definition) is 3. The van der Waals surface area contributed by atoms with Gasteiger partial charge in [-0.05, 0) is 18.2 Å². The summed E-state index contributed by atoms with van der Waals surface area (Å²) in [5.41, 5.74) is 11.2. The summed E-state index contributed by atoms with van der Waals surface area (Å²) in [5.74, 6) is -0.522. The first-order valence-electron chi connectivity index (χ1n) is 4.77. The molecule has 1 aliphatic rings. The average molecular weight is 250 g/mol. The Balaban J connectivity index is 2.33. The lowest BCUT2D eigenvalue weighted by atomic mass is 10.2. The zero-order valence-corrected chi connectivity index (χ0v) is 9.58. The second-order valence-electron chi connectivity index (χ2n) is 3.39. The third-order valence-corrected chi connectivity index (χ3v) is 3.16. The Hall–Kier alpha value is -2.02. The molecule has 0 aromatic heterocycles. The molecule has 6 nitrogen and oxygen atoms in total. The van der Waals surface area contributed by atoms with Gasteiger partial charge in [-0.2, -0.15) is 4.99 Å². The molecule has 0 radical (unpaired) electrons. The van der Waals surface area contributed by atoms with Crippen LogP contribution in [0.4, 0.5) is 5.69 Å². The number of nitrogens with zero attached hydrogens (tertiary/aromatic N) is 1. The summed E-state index contributed by atoms with van der Waals surface area (Å²) in [7, 11) is 0. The first kappa shape index (κ1) is 11.5. The van der Waals surface area contributed by atoms with E-state index in [9.17, 15) is 9.59 Å². The number of nitrogens with two attached hydrogens (primary N) is 2. The molecule has 0 bridgehead atoms. The summed E-state index contributed by atoms with van der Waals surface area (Å²) in [5, 5.41) is 2.69. The highest BCUT2D eigenvalue weighted by atomic mass is 32.2. The van der Waals surface area contributed by atoms with E-state index in [-0.39, 0.29) is 11.9 Å². The van der Waals surface area contributed by atoms with Crippen LogP contribution < -0.4 is 16.8 Å². The van der Waals surface area contributed by atoms with E-state index in [0.717, 1.165) is 4.90 Å². The van der Waals surface area contributed by atoms with E-state index in [2.05, 4.69) is 10.3 Å². The van der Waals surface area contributed by atoms with Crippen LogP contribution in [0.15, 0.2) is 28.1 Å². The molecule has 7 heteroatoms. The van der Waals surface area contributed by atoms with Crippen LogP contribution in [0.2, 0.25) is 0 Å². The molecule has 0 saturated carbocycles. The predicted molar refractivity (Wildman–Crippen MR) is 65.9 cm³/mol. The molecule has 1 aliphatic heterocycles. The summed E-state index contributed by atoms with van der Waals surface area (Å²) >= 11 is 1.42. The van der Waals surface area contributed by atoms with Crippen LogP contribution in [0.5, 0.6) is 0 Å². The summed E-state index contributed by atoms with van der Waals surface area (Å²) in [6, 6.07) is 4.95.